The largest absolute Gasteiger partial charge is 0.512 e. The number of aliphatic hydroxyl groups excluding tert-OH is 1. The predicted octanol–water partition coefficient (Wildman–Crippen LogP) is 3.11. The number of aromatic nitrogens is 4. The van der Waals surface area contributed by atoms with Crippen LogP contribution in [0.1, 0.15) is 13.8 Å². The standard InChI is InChI=1S/C13H11N4.C5H8O2.Ir/c1-16-8-7-15-13(16)17-10-14-9-12(17)11-5-3-2-4-6-11;1-4(6)3-5(2)7;/h2-9H,1H3;3,6H,1-2H3;/q-1;;/b;4-3-;. The maximum atomic E-state index is 10.0. The van der Waals surface area contributed by atoms with Crippen LogP contribution in [0, 0.1) is 6.33 Å². The second kappa shape index (κ2) is 9.71. The van der Waals surface area contributed by atoms with Crippen LogP contribution in [0.2, 0.25) is 0 Å². The Kier molecular flexibility index (Phi) is 7.98. The number of aryl methyl sites for hydroxylation is 1. The molecule has 7 heteroatoms. The summed E-state index contributed by atoms with van der Waals surface area (Å²) in [7, 11) is 1.95. The molecule has 0 atom stereocenters. The van der Waals surface area contributed by atoms with Crippen molar-refractivity contribution in [2.45, 2.75) is 13.8 Å². The third-order valence-electron chi connectivity index (χ3n) is 3.06. The van der Waals surface area contributed by atoms with Crippen LogP contribution in [0.4, 0.5) is 0 Å². The van der Waals surface area contributed by atoms with Crippen LogP contribution in [-0.2, 0) is 31.9 Å². The first-order chi connectivity index (χ1) is 11.5. The van der Waals surface area contributed by atoms with Gasteiger partial charge in [-0.15, -0.1) is 0 Å². The van der Waals surface area contributed by atoms with Gasteiger partial charge in [0.25, 0.3) is 0 Å². The van der Waals surface area contributed by atoms with Gasteiger partial charge in [0.05, 0.1) is 5.76 Å². The summed E-state index contributed by atoms with van der Waals surface area (Å²) in [6.07, 6.45) is 9.56. The average Bonchev–Trinajstić information content (AvgIpc) is 3.15. The van der Waals surface area contributed by atoms with E-state index in [0.717, 1.165) is 17.2 Å². The molecule has 3 rings (SSSR count). The fourth-order valence-corrected chi connectivity index (χ4v) is 2.09. The molecule has 1 radical (unpaired) electrons. The van der Waals surface area contributed by atoms with Gasteiger partial charge in [0.15, 0.2) is 5.78 Å². The molecule has 0 bridgehead atoms. The van der Waals surface area contributed by atoms with E-state index in [1.807, 2.05) is 52.7 Å². The molecular weight excluding hydrogens is 496 g/mol. The van der Waals surface area contributed by atoms with Crippen LogP contribution in [0.15, 0.2) is 60.8 Å². The number of aliphatic hydroxyl groups is 1. The second-order valence-electron chi connectivity index (χ2n) is 5.18. The van der Waals surface area contributed by atoms with E-state index in [0.29, 0.717) is 0 Å². The first-order valence-electron chi connectivity index (χ1n) is 7.35. The summed E-state index contributed by atoms with van der Waals surface area (Å²) < 4.78 is 3.79. The Morgan fingerprint density at radius 2 is 1.92 bits per heavy atom. The Bertz CT molecular complexity index is 834. The summed E-state index contributed by atoms with van der Waals surface area (Å²) in [5, 5.41) is 8.36. The number of imidazole rings is 2. The molecule has 133 valence electrons. The van der Waals surface area contributed by atoms with Gasteiger partial charge >= 0.3 is 0 Å². The Labute approximate surface area is 160 Å². The molecule has 0 unspecified atom stereocenters. The summed E-state index contributed by atoms with van der Waals surface area (Å²) in [4.78, 5) is 18.4. The van der Waals surface area contributed by atoms with E-state index in [-0.39, 0.29) is 31.6 Å². The van der Waals surface area contributed by atoms with E-state index in [4.69, 9.17) is 5.11 Å². The molecule has 0 spiro atoms. The molecule has 0 saturated heterocycles. The number of benzene rings is 1. The zero-order valence-corrected chi connectivity index (χ0v) is 16.6. The van der Waals surface area contributed by atoms with E-state index in [9.17, 15) is 4.79 Å². The Hall–Kier alpha value is -2.50. The number of nitrogens with zero attached hydrogens (tertiary/aromatic N) is 4. The average molecular weight is 516 g/mol. The van der Waals surface area contributed by atoms with Crippen LogP contribution in [0.3, 0.4) is 0 Å². The number of allylic oxidation sites excluding steroid dienone is 2. The summed E-state index contributed by atoms with van der Waals surface area (Å²) in [6.45, 7) is 2.85. The molecule has 1 aromatic carbocycles. The van der Waals surface area contributed by atoms with E-state index in [1.165, 1.54) is 19.9 Å². The third-order valence-corrected chi connectivity index (χ3v) is 3.06. The van der Waals surface area contributed by atoms with E-state index in [1.54, 1.807) is 12.4 Å². The number of ketones is 1. The molecule has 0 saturated carbocycles. The van der Waals surface area contributed by atoms with Gasteiger partial charge in [-0.05, 0) is 19.5 Å². The molecule has 6 nitrogen and oxygen atoms in total. The van der Waals surface area contributed by atoms with Gasteiger partial charge < -0.3 is 19.2 Å². The minimum atomic E-state index is -0.125. The Morgan fingerprint density at radius 3 is 2.40 bits per heavy atom. The summed E-state index contributed by atoms with van der Waals surface area (Å²) in [6, 6.07) is 10.1. The molecule has 3 aromatic rings. The van der Waals surface area contributed by atoms with Crippen molar-refractivity contribution in [2.75, 3.05) is 0 Å². The topological polar surface area (TPSA) is 72.9 Å². The second-order valence-corrected chi connectivity index (χ2v) is 5.18. The molecule has 2 aromatic heterocycles. The van der Waals surface area contributed by atoms with Crippen molar-refractivity contribution in [1.29, 1.82) is 0 Å². The molecule has 0 fully saturated rings. The smallest absolute Gasteiger partial charge is 0.155 e. The number of hydrogen-bond acceptors (Lipinski definition) is 4. The van der Waals surface area contributed by atoms with Gasteiger partial charge in [-0.2, -0.15) is 0 Å². The first-order valence-corrected chi connectivity index (χ1v) is 7.35. The van der Waals surface area contributed by atoms with Gasteiger partial charge in [-0.25, -0.2) is 0 Å². The maximum Gasteiger partial charge on any atom is 0.155 e. The van der Waals surface area contributed by atoms with Gasteiger partial charge in [-0.1, -0.05) is 42.1 Å². The molecule has 0 aliphatic carbocycles. The van der Waals surface area contributed by atoms with Crippen molar-refractivity contribution in [3.8, 4) is 17.2 Å². The fourth-order valence-electron chi connectivity index (χ4n) is 2.09. The summed E-state index contributed by atoms with van der Waals surface area (Å²) in [5.74, 6) is 0.744. The number of hydrogen-bond donors (Lipinski definition) is 1. The van der Waals surface area contributed by atoms with Crippen LogP contribution in [0.5, 0.6) is 0 Å². The van der Waals surface area contributed by atoms with Crippen LogP contribution in [0.25, 0.3) is 17.2 Å². The molecule has 0 amide bonds. The molecule has 1 N–H and O–H groups in total. The maximum absolute atomic E-state index is 10.0. The predicted molar refractivity (Wildman–Crippen MR) is 91.7 cm³/mol. The zero-order chi connectivity index (χ0) is 17.5. The van der Waals surface area contributed by atoms with Crippen molar-refractivity contribution < 1.29 is 30.0 Å². The van der Waals surface area contributed by atoms with E-state index < -0.39 is 0 Å². The van der Waals surface area contributed by atoms with E-state index >= 15 is 0 Å². The van der Waals surface area contributed by atoms with Crippen molar-refractivity contribution in [1.82, 2.24) is 19.1 Å². The normalized spacial score (nSPS) is 10.4. The quantitative estimate of drug-likeness (QED) is 0.331. The van der Waals surface area contributed by atoms with Crippen molar-refractivity contribution in [2.24, 2.45) is 7.05 Å². The van der Waals surface area contributed by atoms with Crippen LogP contribution >= 0.6 is 0 Å². The van der Waals surface area contributed by atoms with Crippen LogP contribution in [-0.4, -0.2) is 30.0 Å². The molecule has 0 aliphatic heterocycles. The van der Waals surface area contributed by atoms with Gasteiger partial charge in [0, 0.05) is 52.0 Å². The van der Waals surface area contributed by atoms with E-state index in [2.05, 4.69) is 16.3 Å². The van der Waals surface area contributed by atoms with Gasteiger partial charge in [-0.3, -0.25) is 9.78 Å². The fraction of sp³-hybridized carbons (Fsp3) is 0.167. The molecule has 25 heavy (non-hydrogen) atoms. The molecule has 0 aliphatic rings. The van der Waals surface area contributed by atoms with Gasteiger partial charge in [0.1, 0.15) is 5.95 Å². The number of carbonyl (C=O) groups excluding carboxylic acids is 1. The molecule has 2 heterocycles. The molecular formula is C18H19IrN4O2-. The Balaban J connectivity index is 0.000000339. The van der Waals surface area contributed by atoms with Gasteiger partial charge in [0.2, 0.25) is 0 Å². The zero-order valence-electron chi connectivity index (χ0n) is 14.2. The SMILES string of the molecule is CC(=O)/C=C(/C)O.Cn1ccnc1-n1[c-]ncc1-c1ccccc1.[Ir]. The third kappa shape index (κ3) is 5.81. The first kappa shape index (κ1) is 20.5. The van der Waals surface area contributed by atoms with Crippen molar-refractivity contribution in [3.05, 3.63) is 67.1 Å². The summed E-state index contributed by atoms with van der Waals surface area (Å²) >= 11 is 0. The minimum absolute atomic E-state index is 0. The number of rotatable bonds is 3. The van der Waals surface area contributed by atoms with Crippen molar-refractivity contribution >= 4 is 5.78 Å². The van der Waals surface area contributed by atoms with Crippen molar-refractivity contribution in [3.63, 3.8) is 0 Å². The monoisotopic (exact) mass is 516 g/mol. The summed E-state index contributed by atoms with van der Waals surface area (Å²) in [5.41, 5.74) is 2.09. The Morgan fingerprint density at radius 1 is 1.24 bits per heavy atom. The number of carbonyl (C=O) groups is 1. The minimum Gasteiger partial charge on any atom is -0.512 e. The van der Waals surface area contributed by atoms with Crippen LogP contribution < -0.4 is 0 Å².